The van der Waals surface area contributed by atoms with Crippen LogP contribution in [0.4, 0.5) is 40.7 Å². The fraction of sp³-hybridized carbons (Fsp3) is 0.480. The van der Waals surface area contributed by atoms with E-state index in [9.17, 15) is 27.5 Å². The van der Waals surface area contributed by atoms with Crippen LogP contribution < -0.4 is 25.8 Å². The van der Waals surface area contributed by atoms with E-state index in [0.717, 1.165) is 0 Å². The van der Waals surface area contributed by atoms with Gasteiger partial charge in [0.1, 0.15) is 5.02 Å². The van der Waals surface area contributed by atoms with Crippen LogP contribution in [0.3, 0.4) is 0 Å². The minimum Gasteiger partial charge on any atom is -0.480 e. The summed E-state index contributed by atoms with van der Waals surface area (Å²) in [7, 11) is 1.53. The molecule has 2 unspecified atom stereocenters. The zero-order valence-electron chi connectivity index (χ0n) is 20.7. The van der Waals surface area contributed by atoms with E-state index in [1.165, 1.54) is 22.7 Å². The van der Waals surface area contributed by atoms with Crippen LogP contribution in [0.5, 0.6) is 5.75 Å². The number of aliphatic hydroxyl groups excluding tert-OH is 1. The maximum absolute atomic E-state index is 14.9. The third kappa shape index (κ3) is 4.61. The minimum atomic E-state index is -3.17. The predicted octanol–water partition coefficient (Wildman–Crippen LogP) is 4.15. The molecule has 1 saturated heterocycles. The van der Waals surface area contributed by atoms with Crippen LogP contribution in [-0.2, 0) is 7.05 Å². The first-order chi connectivity index (χ1) is 18.5. The van der Waals surface area contributed by atoms with Crippen LogP contribution in [0.15, 0.2) is 29.2 Å². The molecule has 1 aliphatic carbocycles. The Hall–Kier alpha value is -3.32. The smallest absolute Gasteiger partial charge is 0.301 e. The van der Waals surface area contributed by atoms with Gasteiger partial charge in [0.2, 0.25) is 11.7 Å². The molecule has 1 saturated carbocycles. The van der Waals surface area contributed by atoms with Crippen molar-refractivity contribution < 1.29 is 27.4 Å². The normalized spacial score (nSPS) is 23.6. The maximum atomic E-state index is 14.9. The van der Waals surface area contributed by atoms with Crippen molar-refractivity contribution >= 4 is 45.6 Å². The SMILES string of the molecule is Cn1c(=O)c2c(c3cc(Nc4nc(N5CC(F)(F)CC5CO)ncc4Cl)ccc31)NC(C1CC1)C(F)(F)CO2. The van der Waals surface area contributed by atoms with E-state index in [2.05, 4.69) is 20.6 Å². The van der Waals surface area contributed by atoms with Gasteiger partial charge in [-0.2, -0.15) is 4.98 Å². The Balaban J connectivity index is 1.39. The largest absolute Gasteiger partial charge is 0.480 e. The number of nitrogens with zero attached hydrogens (tertiary/aromatic N) is 4. The van der Waals surface area contributed by atoms with Crippen LogP contribution >= 0.6 is 11.6 Å². The number of anilines is 4. The summed E-state index contributed by atoms with van der Waals surface area (Å²) in [6.07, 6.45) is 2.06. The molecule has 3 aromatic rings. The Kier molecular flexibility index (Phi) is 6.06. The van der Waals surface area contributed by atoms with E-state index in [4.69, 9.17) is 16.3 Å². The molecular weight excluding hydrogens is 544 g/mol. The Morgan fingerprint density at radius 3 is 2.77 bits per heavy atom. The summed E-state index contributed by atoms with van der Waals surface area (Å²) in [4.78, 5) is 22.6. The van der Waals surface area contributed by atoms with Gasteiger partial charge in [-0.05, 0) is 37.0 Å². The number of ether oxygens (including phenoxy) is 1. The summed E-state index contributed by atoms with van der Waals surface area (Å²) in [5, 5.41) is 16.1. The zero-order chi connectivity index (χ0) is 27.7. The van der Waals surface area contributed by atoms with Gasteiger partial charge in [-0.1, -0.05) is 11.6 Å². The lowest BCUT2D eigenvalue weighted by molar-refractivity contribution is -0.0579. The number of aliphatic hydroxyl groups is 1. The predicted molar refractivity (Wildman–Crippen MR) is 138 cm³/mol. The molecule has 3 N–H and O–H groups in total. The zero-order valence-corrected chi connectivity index (χ0v) is 21.5. The number of aromatic nitrogens is 3. The van der Waals surface area contributed by atoms with Gasteiger partial charge in [0.25, 0.3) is 11.5 Å². The van der Waals surface area contributed by atoms with Gasteiger partial charge in [0.15, 0.2) is 12.4 Å². The average molecular weight is 569 g/mol. The molecule has 0 spiro atoms. The average Bonchev–Trinajstić information content (AvgIpc) is 3.69. The van der Waals surface area contributed by atoms with Gasteiger partial charge in [0.05, 0.1) is 42.6 Å². The molecular formula is C25H25ClF4N6O3. The maximum Gasteiger partial charge on any atom is 0.301 e. The van der Waals surface area contributed by atoms with Crippen LogP contribution in [0, 0.1) is 5.92 Å². The molecule has 3 aliphatic rings. The topological polar surface area (TPSA) is 105 Å². The van der Waals surface area contributed by atoms with Gasteiger partial charge in [-0.25, -0.2) is 22.5 Å². The number of hydrogen-bond acceptors (Lipinski definition) is 8. The van der Waals surface area contributed by atoms with Gasteiger partial charge in [-0.3, -0.25) is 4.79 Å². The van der Waals surface area contributed by atoms with E-state index in [-0.39, 0.29) is 34.1 Å². The van der Waals surface area contributed by atoms with Crippen molar-refractivity contribution in [1.82, 2.24) is 14.5 Å². The monoisotopic (exact) mass is 568 g/mol. The lowest BCUT2D eigenvalue weighted by Gasteiger charge is -2.25. The van der Waals surface area contributed by atoms with Gasteiger partial charge < -0.3 is 29.9 Å². The lowest BCUT2D eigenvalue weighted by atomic mass is 10.0. The molecule has 2 fully saturated rings. The molecule has 4 heterocycles. The van der Waals surface area contributed by atoms with Crippen molar-refractivity contribution in [3.05, 3.63) is 39.8 Å². The van der Waals surface area contributed by atoms with Crippen molar-refractivity contribution in [2.24, 2.45) is 13.0 Å². The highest BCUT2D eigenvalue weighted by Crippen LogP contribution is 2.45. The Morgan fingerprint density at radius 1 is 1.28 bits per heavy atom. The summed E-state index contributed by atoms with van der Waals surface area (Å²) in [5.41, 5.74) is 0.577. The molecule has 6 rings (SSSR count). The van der Waals surface area contributed by atoms with E-state index < -0.39 is 55.7 Å². The molecule has 1 aromatic carbocycles. The summed E-state index contributed by atoms with van der Waals surface area (Å²) < 4.78 is 64.5. The van der Waals surface area contributed by atoms with Crippen LogP contribution in [0.1, 0.15) is 19.3 Å². The molecule has 9 nitrogen and oxygen atoms in total. The molecule has 2 aliphatic heterocycles. The number of nitrogens with one attached hydrogen (secondary N) is 2. The van der Waals surface area contributed by atoms with E-state index in [1.807, 2.05) is 0 Å². The number of aryl methyl sites for hydroxylation is 1. The van der Waals surface area contributed by atoms with Crippen molar-refractivity contribution in [1.29, 1.82) is 0 Å². The number of alkyl halides is 4. The van der Waals surface area contributed by atoms with Crippen molar-refractivity contribution in [2.75, 3.05) is 35.3 Å². The van der Waals surface area contributed by atoms with Gasteiger partial charge in [-0.15, -0.1) is 0 Å². The lowest BCUT2D eigenvalue weighted by Crippen LogP contribution is -2.44. The summed E-state index contributed by atoms with van der Waals surface area (Å²) >= 11 is 6.31. The molecule has 0 amide bonds. The summed E-state index contributed by atoms with van der Waals surface area (Å²) in [6.45, 7) is -2.04. The molecule has 0 bridgehead atoms. The number of benzene rings is 1. The molecule has 2 atom stereocenters. The van der Waals surface area contributed by atoms with Crippen LogP contribution in [-0.4, -0.2) is 63.3 Å². The minimum absolute atomic E-state index is 0.0280. The molecule has 0 radical (unpaired) electrons. The first-order valence-corrected chi connectivity index (χ1v) is 12.8. The van der Waals surface area contributed by atoms with Gasteiger partial charge >= 0.3 is 5.92 Å². The first-order valence-electron chi connectivity index (χ1n) is 12.5. The van der Waals surface area contributed by atoms with Crippen LogP contribution in [0.2, 0.25) is 5.02 Å². The first kappa shape index (κ1) is 25.9. The van der Waals surface area contributed by atoms with E-state index in [0.29, 0.717) is 29.4 Å². The second-order valence-electron chi connectivity index (χ2n) is 10.3. The van der Waals surface area contributed by atoms with Crippen LogP contribution in [0.25, 0.3) is 10.9 Å². The standard InChI is InChI=1S/C25H25ClF4N6O3/c1-35-17-5-4-13(32-21-16(26)8-31-23(34-21)36-10-24(27,28)7-14(36)9-37)6-15(17)18-19(22(35)38)39-11-25(29,30)20(33-18)12-2-3-12/h4-6,8,12,14,20,33,37H,2-3,7,9-11H2,1H3,(H,31,32,34). The summed E-state index contributed by atoms with van der Waals surface area (Å²) in [6, 6.07) is 2.92. The number of fused-ring (bicyclic) bond motifs is 3. The molecule has 39 heavy (non-hydrogen) atoms. The van der Waals surface area contributed by atoms with Crippen molar-refractivity contribution in [3.8, 4) is 5.75 Å². The number of hydrogen-bond donors (Lipinski definition) is 3. The molecule has 208 valence electrons. The summed E-state index contributed by atoms with van der Waals surface area (Å²) in [5.74, 6) is -6.49. The number of rotatable bonds is 5. The fourth-order valence-corrected chi connectivity index (χ4v) is 5.44. The van der Waals surface area contributed by atoms with Crippen molar-refractivity contribution in [2.45, 2.75) is 43.2 Å². The third-order valence-electron chi connectivity index (χ3n) is 7.45. The van der Waals surface area contributed by atoms with Gasteiger partial charge in [0, 0.05) is 24.5 Å². The number of halogens is 5. The highest BCUT2D eigenvalue weighted by Gasteiger charge is 2.51. The highest BCUT2D eigenvalue weighted by atomic mass is 35.5. The second kappa shape index (κ2) is 9.12. The molecule has 2 aromatic heterocycles. The third-order valence-corrected chi connectivity index (χ3v) is 7.73. The van der Waals surface area contributed by atoms with E-state index >= 15 is 0 Å². The Morgan fingerprint density at radius 2 is 2.05 bits per heavy atom. The Labute approximate surface area is 224 Å². The quantitative estimate of drug-likeness (QED) is 0.395. The Bertz CT molecular complexity index is 1520. The molecule has 14 heteroatoms. The van der Waals surface area contributed by atoms with Crippen molar-refractivity contribution in [3.63, 3.8) is 0 Å². The number of pyridine rings is 1. The highest BCUT2D eigenvalue weighted by molar-refractivity contribution is 6.33. The second-order valence-corrected chi connectivity index (χ2v) is 10.7. The van der Waals surface area contributed by atoms with E-state index in [1.54, 1.807) is 18.2 Å². The fourth-order valence-electron chi connectivity index (χ4n) is 5.30.